The second-order valence-electron chi connectivity index (χ2n) is 5.09. The number of hydrogen-bond acceptors (Lipinski definition) is 3. The number of ether oxygens (including phenoxy) is 1. The van der Waals surface area contributed by atoms with Gasteiger partial charge in [0.2, 0.25) is 5.91 Å². The molecule has 1 fully saturated rings. The summed E-state index contributed by atoms with van der Waals surface area (Å²) in [6.07, 6.45) is 5.33. The molecule has 0 aromatic rings. The van der Waals surface area contributed by atoms with Gasteiger partial charge in [0.1, 0.15) is 6.04 Å². The van der Waals surface area contributed by atoms with Crippen LogP contribution in [-0.4, -0.2) is 25.0 Å². The summed E-state index contributed by atoms with van der Waals surface area (Å²) in [7, 11) is 1.35. The predicted molar refractivity (Wildman–Crippen MR) is 65.4 cm³/mol. The van der Waals surface area contributed by atoms with Crippen LogP contribution in [0.1, 0.15) is 46.0 Å². The lowest BCUT2D eigenvalue weighted by Crippen LogP contribution is -2.47. The molecule has 0 aromatic heterocycles. The van der Waals surface area contributed by atoms with Crippen LogP contribution in [0, 0.1) is 11.8 Å². The van der Waals surface area contributed by atoms with E-state index in [1.165, 1.54) is 13.5 Å². The number of carbonyl (C=O) groups is 2. The number of amides is 1. The average molecular weight is 241 g/mol. The molecule has 1 N–H and O–H groups in total. The van der Waals surface area contributed by atoms with E-state index in [2.05, 4.69) is 5.32 Å². The van der Waals surface area contributed by atoms with Crippen LogP contribution in [0.15, 0.2) is 0 Å². The van der Waals surface area contributed by atoms with E-state index in [-0.39, 0.29) is 23.7 Å². The first-order chi connectivity index (χ1) is 8.06. The van der Waals surface area contributed by atoms with E-state index in [1.54, 1.807) is 0 Å². The second kappa shape index (κ2) is 6.62. The van der Waals surface area contributed by atoms with Gasteiger partial charge in [-0.15, -0.1) is 0 Å². The Morgan fingerprint density at radius 1 is 1.18 bits per heavy atom. The van der Waals surface area contributed by atoms with Crippen LogP contribution in [0.2, 0.25) is 0 Å². The van der Waals surface area contributed by atoms with Gasteiger partial charge in [-0.2, -0.15) is 0 Å². The molecule has 1 rings (SSSR count). The summed E-state index contributed by atoms with van der Waals surface area (Å²) in [6.45, 7) is 3.81. The Labute approximate surface area is 103 Å². The van der Waals surface area contributed by atoms with E-state index in [1.807, 2.05) is 13.8 Å². The maximum atomic E-state index is 12.0. The average Bonchev–Trinajstić information content (AvgIpc) is 2.35. The molecule has 1 atom stereocenters. The SMILES string of the molecule is COC(=O)C(NC(=O)C1CCCCC1)C(C)C. The first-order valence-corrected chi connectivity index (χ1v) is 6.44. The van der Waals surface area contributed by atoms with Crippen molar-refractivity contribution in [2.24, 2.45) is 11.8 Å². The molecule has 0 radical (unpaired) electrons. The Bertz CT molecular complexity index is 270. The van der Waals surface area contributed by atoms with Crippen molar-refractivity contribution in [2.75, 3.05) is 7.11 Å². The lowest BCUT2D eigenvalue weighted by molar-refractivity contribution is -0.147. The fraction of sp³-hybridized carbons (Fsp3) is 0.846. The highest BCUT2D eigenvalue weighted by atomic mass is 16.5. The molecule has 0 heterocycles. The highest BCUT2D eigenvalue weighted by molar-refractivity contribution is 5.85. The summed E-state index contributed by atoms with van der Waals surface area (Å²) in [6, 6.07) is -0.519. The molecule has 0 spiro atoms. The zero-order chi connectivity index (χ0) is 12.8. The summed E-state index contributed by atoms with van der Waals surface area (Å²) in [5.41, 5.74) is 0. The molecule has 4 nitrogen and oxygen atoms in total. The highest BCUT2D eigenvalue weighted by Gasteiger charge is 2.28. The highest BCUT2D eigenvalue weighted by Crippen LogP contribution is 2.24. The van der Waals surface area contributed by atoms with Crippen molar-refractivity contribution in [3.8, 4) is 0 Å². The van der Waals surface area contributed by atoms with Crippen LogP contribution in [0.4, 0.5) is 0 Å². The number of esters is 1. The van der Waals surface area contributed by atoms with Crippen molar-refractivity contribution in [3.05, 3.63) is 0 Å². The minimum Gasteiger partial charge on any atom is -0.467 e. The van der Waals surface area contributed by atoms with Gasteiger partial charge in [0, 0.05) is 5.92 Å². The lowest BCUT2D eigenvalue weighted by atomic mass is 9.88. The third kappa shape index (κ3) is 4.02. The van der Waals surface area contributed by atoms with Crippen molar-refractivity contribution < 1.29 is 14.3 Å². The van der Waals surface area contributed by atoms with Crippen molar-refractivity contribution in [1.29, 1.82) is 0 Å². The first-order valence-electron chi connectivity index (χ1n) is 6.44. The topological polar surface area (TPSA) is 55.4 Å². The standard InChI is InChI=1S/C13H23NO3/c1-9(2)11(13(16)17-3)14-12(15)10-7-5-4-6-8-10/h9-11H,4-8H2,1-3H3,(H,14,15). The Balaban J connectivity index is 2.54. The van der Waals surface area contributed by atoms with Gasteiger partial charge in [-0.3, -0.25) is 4.79 Å². The van der Waals surface area contributed by atoms with Gasteiger partial charge < -0.3 is 10.1 Å². The summed E-state index contributed by atoms with van der Waals surface area (Å²) in [5.74, 6) is -0.220. The van der Waals surface area contributed by atoms with Crippen LogP contribution in [0.25, 0.3) is 0 Å². The van der Waals surface area contributed by atoms with Crippen LogP contribution in [0.3, 0.4) is 0 Å². The minimum absolute atomic E-state index is 0.00815. The number of hydrogen-bond donors (Lipinski definition) is 1. The van der Waals surface area contributed by atoms with E-state index >= 15 is 0 Å². The molecule has 1 aliphatic carbocycles. The van der Waals surface area contributed by atoms with Crippen molar-refractivity contribution in [3.63, 3.8) is 0 Å². The van der Waals surface area contributed by atoms with E-state index in [9.17, 15) is 9.59 Å². The monoisotopic (exact) mass is 241 g/mol. The van der Waals surface area contributed by atoms with E-state index in [0.29, 0.717) is 0 Å². The Morgan fingerprint density at radius 2 is 1.76 bits per heavy atom. The molecular formula is C13H23NO3. The molecule has 0 bridgehead atoms. The fourth-order valence-corrected chi connectivity index (χ4v) is 2.26. The molecule has 4 heteroatoms. The maximum Gasteiger partial charge on any atom is 0.328 e. The molecule has 1 saturated carbocycles. The molecule has 1 unspecified atom stereocenters. The van der Waals surface area contributed by atoms with Gasteiger partial charge in [0.05, 0.1) is 7.11 Å². The third-order valence-electron chi connectivity index (χ3n) is 3.40. The molecule has 1 aliphatic rings. The number of nitrogens with one attached hydrogen (secondary N) is 1. The smallest absolute Gasteiger partial charge is 0.328 e. The van der Waals surface area contributed by atoms with E-state index < -0.39 is 6.04 Å². The summed E-state index contributed by atoms with van der Waals surface area (Å²) in [4.78, 5) is 23.5. The first kappa shape index (κ1) is 14.0. The molecule has 0 aliphatic heterocycles. The van der Waals surface area contributed by atoms with Crippen molar-refractivity contribution in [1.82, 2.24) is 5.32 Å². The van der Waals surface area contributed by atoms with Gasteiger partial charge >= 0.3 is 5.97 Å². The maximum absolute atomic E-state index is 12.0. The molecule has 17 heavy (non-hydrogen) atoms. The molecule has 0 saturated heterocycles. The minimum atomic E-state index is -0.519. The van der Waals surface area contributed by atoms with Gasteiger partial charge in [0.15, 0.2) is 0 Å². The van der Waals surface area contributed by atoms with Crippen LogP contribution in [-0.2, 0) is 14.3 Å². The van der Waals surface area contributed by atoms with Gasteiger partial charge in [-0.1, -0.05) is 33.1 Å². The molecule has 1 amide bonds. The van der Waals surface area contributed by atoms with E-state index in [0.717, 1.165) is 25.7 Å². The van der Waals surface area contributed by atoms with Crippen molar-refractivity contribution >= 4 is 11.9 Å². The quantitative estimate of drug-likeness (QED) is 0.765. The summed E-state index contributed by atoms with van der Waals surface area (Å²) in [5, 5.41) is 2.82. The summed E-state index contributed by atoms with van der Waals surface area (Å²) >= 11 is 0. The second-order valence-corrected chi connectivity index (χ2v) is 5.09. The van der Waals surface area contributed by atoms with Gasteiger partial charge in [0.25, 0.3) is 0 Å². The number of rotatable bonds is 4. The Kier molecular flexibility index (Phi) is 5.45. The lowest BCUT2D eigenvalue weighted by Gasteiger charge is -2.25. The van der Waals surface area contributed by atoms with Gasteiger partial charge in [-0.25, -0.2) is 4.79 Å². The number of carbonyl (C=O) groups excluding carboxylic acids is 2. The van der Waals surface area contributed by atoms with E-state index in [4.69, 9.17) is 4.74 Å². The Morgan fingerprint density at radius 3 is 2.24 bits per heavy atom. The third-order valence-corrected chi connectivity index (χ3v) is 3.40. The van der Waals surface area contributed by atoms with Crippen LogP contribution in [0.5, 0.6) is 0 Å². The summed E-state index contributed by atoms with van der Waals surface area (Å²) < 4.78 is 4.71. The number of methoxy groups -OCH3 is 1. The largest absolute Gasteiger partial charge is 0.467 e. The predicted octanol–water partition coefficient (Wildman–Crippen LogP) is 1.88. The fourth-order valence-electron chi connectivity index (χ4n) is 2.26. The molecule has 98 valence electrons. The zero-order valence-corrected chi connectivity index (χ0v) is 11.0. The van der Waals surface area contributed by atoms with Crippen molar-refractivity contribution in [2.45, 2.75) is 52.0 Å². The Hall–Kier alpha value is -1.06. The van der Waals surface area contributed by atoms with Gasteiger partial charge in [-0.05, 0) is 18.8 Å². The van der Waals surface area contributed by atoms with Crippen LogP contribution >= 0.6 is 0 Å². The normalized spacial score (nSPS) is 18.8. The van der Waals surface area contributed by atoms with Crippen LogP contribution < -0.4 is 5.32 Å². The zero-order valence-electron chi connectivity index (χ0n) is 11.0. The molecule has 0 aromatic carbocycles. The molecular weight excluding hydrogens is 218 g/mol.